The summed E-state index contributed by atoms with van der Waals surface area (Å²) >= 11 is 0. The van der Waals surface area contributed by atoms with E-state index in [1.807, 2.05) is 103 Å². The second-order valence-corrected chi connectivity index (χ2v) is 7.62. The van der Waals surface area contributed by atoms with Crippen LogP contribution in [0.15, 0.2) is 114 Å². The van der Waals surface area contributed by atoms with Gasteiger partial charge in [-0.1, -0.05) is 78.9 Å². The lowest BCUT2D eigenvalue weighted by atomic mass is 9.91. The number of carbonyl (C=O) groups excluding carboxylic acids is 1. The van der Waals surface area contributed by atoms with Crippen molar-refractivity contribution < 1.29 is 9.53 Å². The fourth-order valence-corrected chi connectivity index (χ4v) is 3.59. The molecule has 0 aliphatic carbocycles. The van der Waals surface area contributed by atoms with Crippen molar-refractivity contribution in [3.05, 3.63) is 137 Å². The summed E-state index contributed by atoms with van der Waals surface area (Å²) in [6.07, 6.45) is 1.60. The third kappa shape index (κ3) is 5.76. The van der Waals surface area contributed by atoms with Crippen molar-refractivity contribution in [1.29, 1.82) is 5.26 Å². The molecule has 0 aliphatic heterocycles. The smallest absolute Gasteiger partial charge is 0.252 e. The molecular formula is C29H23N3O2. The summed E-state index contributed by atoms with van der Waals surface area (Å²) in [5.74, 6) is 0.0264. The summed E-state index contributed by atoms with van der Waals surface area (Å²) in [4.78, 5) is 13.0. The first kappa shape index (κ1) is 22.5. The lowest BCUT2D eigenvalue weighted by Crippen LogP contribution is -2.26. The molecule has 1 N–H and O–H groups in total. The molecular weight excluding hydrogens is 422 g/mol. The van der Waals surface area contributed by atoms with Crippen molar-refractivity contribution in [3.8, 4) is 11.8 Å². The Hall–Kier alpha value is -4.69. The van der Waals surface area contributed by atoms with E-state index in [-0.39, 0.29) is 5.91 Å². The van der Waals surface area contributed by atoms with Crippen LogP contribution in [0.4, 0.5) is 0 Å². The quantitative estimate of drug-likeness (QED) is 0.291. The molecule has 0 spiro atoms. The van der Waals surface area contributed by atoms with Gasteiger partial charge in [0, 0.05) is 5.56 Å². The SMILES string of the molecule is N#Cc1ccccc1COc1ccc(/C=N/NC(=O)C(c2ccccc2)c2ccccc2)cc1. The number of hydrazone groups is 1. The van der Waals surface area contributed by atoms with Crippen molar-refractivity contribution in [3.63, 3.8) is 0 Å². The highest BCUT2D eigenvalue weighted by molar-refractivity contribution is 5.88. The fourth-order valence-electron chi connectivity index (χ4n) is 3.59. The normalized spacial score (nSPS) is 10.7. The number of nitrogens with one attached hydrogen (secondary N) is 1. The van der Waals surface area contributed by atoms with Gasteiger partial charge < -0.3 is 4.74 Å². The van der Waals surface area contributed by atoms with E-state index in [4.69, 9.17) is 4.74 Å². The molecule has 0 saturated heterocycles. The van der Waals surface area contributed by atoms with E-state index < -0.39 is 5.92 Å². The number of hydrogen-bond acceptors (Lipinski definition) is 4. The molecule has 4 aromatic carbocycles. The van der Waals surface area contributed by atoms with Gasteiger partial charge in [-0.3, -0.25) is 4.79 Å². The Morgan fingerprint density at radius 1 is 0.853 bits per heavy atom. The third-order valence-corrected chi connectivity index (χ3v) is 5.33. The molecule has 0 unspecified atom stereocenters. The molecule has 0 bridgehead atoms. The van der Waals surface area contributed by atoms with Crippen molar-refractivity contribution in [1.82, 2.24) is 5.43 Å². The van der Waals surface area contributed by atoms with Crippen LogP contribution in [-0.2, 0) is 11.4 Å². The maximum atomic E-state index is 13.0. The zero-order valence-electron chi connectivity index (χ0n) is 18.5. The Bertz CT molecular complexity index is 1260. The van der Waals surface area contributed by atoms with Crippen LogP contribution in [0.1, 0.15) is 33.7 Å². The van der Waals surface area contributed by atoms with Crippen molar-refractivity contribution >= 4 is 12.1 Å². The zero-order chi connectivity index (χ0) is 23.6. The molecule has 0 heterocycles. The van der Waals surface area contributed by atoms with E-state index in [0.29, 0.717) is 17.9 Å². The number of rotatable bonds is 8. The lowest BCUT2D eigenvalue weighted by molar-refractivity contribution is -0.121. The molecule has 0 aromatic heterocycles. The van der Waals surface area contributed by atoms with Crippen LogP contribution in [0.3, 0.4) is 0 Å². The molecule has 4 rings (SSSR count). The number of benzene rings is 4. The number of hydrogen-bond donors (Lipinski definition) is 1. The van der Waals surface area contributed by atoms with Gasteiger partial charge in [-0.2, -0.15) is 10.4 Å². The standard InChI is InChI=1S/C29H23N3O2/c30-19-25-13-7-8-14-26(25)21-34-27-17-15-22(16-18-27)20-31-32-29(33)28(23-9-3-1-4-10-23)24-11-5-2-6-12-24/h1-18,20,28H,21H2,(H,32,33)/b31-20+. The summed E-state index contributed by atoms with van der Waals surface area (Å²) in [6, 6.07) is 36.2. The average Bonchev–Trinajstić information content (AvgIpc) is 2.90. The van der Waals surface area contributed by atoms with Crippen LogP contribution in [0.5, 0.6) is 5.75 Å². The molecule has 0 atom stereocenters. The molecule has 34 heavy (non-hydrogen) atoms. The van der Waals surface area contributed by atoms with Crippen LogP contribution in [0.2, 0.25) is 0 Å². The summed E-state index contributed by atoms with van der Waals surface area (Å²) in [5, 5.41) is 13.3. The van der Waals surface area contributed by atoms with E-state index in [1.54, 1.807) is 12.3 Å². The van der Waals surface area contributed by atoms with Gasteiger partial charge in [-0.15, -0.1) is 0 Å². The monoisotopic (exact) mass is 445 g/mol. The van der Waals surface area contributed by atoms with Gasteiger partial charge in [0.2, 0.25) is 0 Å². The van der Waals surface area contributed by atoms with E-state index >= 15 is 0 Å². The number of carbonyl (C=O) groups is 1. The first-order valence-electron chi connectivity index (χ1n) is 10.9. The molecule has 5 nitrogen and oxygen atoms in total. The first-order valence-corrected chi connectivity index (χ1v) is 10.9. The zero-order valence-corrected chi connectivity index (χ0v) is 18.5. The lowest BCUT2D eigenvalue weighted by Gasteiger charge is -2.16. The van der Waals surface area contributed by atoms with E-state index in [2.05, 4.69) is 16.6 Å². The Balaban J connectivity index is 1.38. The Morgan fingerprint density at radius 3 is 2.06 bits per heavy atom. The fraction of sp³-hybridized carbons (Fsp3) is 0.0690. The first-order chi connectivity index (χ1) is 16.7. The van der Waals surface area contributed by atoms with E-state index in [9.17, 15) is 10.1 Å². The molecule has 5 heteroatoms. The largest absolute Gasteiger partial charge is 0.489 e. The summed E-state index contributed by atoms with van der Waals surface area (Å²) in [7, 11) is 0. The van der Waals surface area contributed by atoms with Crippen molar-refractivity contribution in [2.24, 2.45) is 5.10 Å². The van der Waals surface area contributed by atoms with Gasteiger partial charge >= 0.3 is 0 Å². The highest BCUT2D eigenvalue weighted by Gasteiger charge is 2.22. The molecule has 1 amide bonds. The summed E-state index contributed by atoms with van der Waals surface area (Å²) in [6.45, 7) is 0.313. The molecule has 0 radical (unpaired) electrons. The highest BCUT2D eigenvalue weighted by Crippen LogP contribution is 2.24. The average molecular weight is 446 g/mol. The Morgan fingerprint density at radius 2 is 1.44 bits per heavy atom. The molecule has 0 fully saturated rings. The maximum absolute atomic E-state index is 13.0. The van der Waals surface area contributed by atoms with Gasteiger partial charge in [0.15, 0.2) is 0 Å². The number of nitrogens with zero attached hydrogens (tertiary/aromatic N) is 2. The van der Waals surface area contributed by atoms with Crippen molar-refractivity contribution in [2.75, 3.05) is 0 Å². The number of nitriles is 1. The predicted molar refractivity (Wildman–Crippen MR) is 132 cm³/mol. The van der Waals surface area contributed by atoms with Crippen molar-refractivity contribution in [2.45, 2.75) is 12.5 Å². The maximum Gasteiger partial charge on any atom is 0.252 e. The second-order valence-electron chi connectivity index (χ2n) is 7.62. The van der Waals surface area contributed by atoms with Gasteiger partial charge in [-0.25, -0.2) is 5.43 Å². The molecule has 166 valence electrons. The van der Waals surface area contributed by atoms with Gasteiger partial charge in [0.1, 0.15) is 12.4 Å². The number of amides is 1. The molecule has 0 aliphatic rings. The van der Waals surface area contributed by atoms with Crippen LogP contribution in [0.25, 0.3) is 0 Å². The second kappa shape index (κ2) is 11.3. The summed E-state index contributed by atoms with van der Waals surface area (Å²) in [5.41, 5.74) is 6.74. The van der Waals surface area contributed by atoms with E-state index in [0.717, 1.165) is 22.3 Å². The van der Waals surface area contributed by atoms with Gasteiger partial charge in [0.25, 0.3) is 5.91 Å². The van der Waals surface area contributed by atoms with Crippen LogP contribution < -0.4 is 10.2 Å². The minimum absolute atomic E-state index is 0.204. The minimum Gasteiger partial charge on any atom is -0.489 e. The van der Waals surface area contributed by atoms with E-state index in [1.165, 1.54) is 0 Å². The predicted octanol–water partition coefficient (Wildman–Crippen LogP) is 5.42. The molecule has 4 aromatic rings. The van der Waals surface area contributed by atoms with Crippen LogP contribution >= 0.6 is 0 Å². The summed E-state index contributed by atoms with van der Waals surface area (Å²) < 4.78 is 5.80. The highest BCUT2D eigenvalue weighted by atomic mass is 16.5. The van der Waals surface area contributed by atoms with Gasteiger partial charge in [-0.05, 0) is 47.0 Å². The Labute approximate surface area is 199 Å². The molecule has 0 saturated carbocycles. The third-order valence-electron chi connectivity index (χ3n) is 5.33. The van der Waals surface area contributed by atoms with Crippen LogP contribution in [-0.4, -0.2) is 12.1 Å². The minimum atomic E-state index is -0.452. The van der Waals surface area contributed by atoms with Gasteiger partial charge in [0.05, 0.1) is 23.8 Å². The topological polar surface area (TPSA) is 74.5 Å². The van der Waals surface area contributed by atoms with Crippen LogP contribution in [0, 0.1) is 11.3 Å². The number of ether oxygens (including phenoxy) is 1. The Kier molecular flexibility index (Phi) is 7.45.